The molecule has 1 aromatic carbocycles. The highest BCUT2D eigenvalue weighted by Crippen LogP contribution is 2.28. The van der Waals surface area contributed by atoms with Gasteiger partial charge in [-0.25, -0.2) is 0 Å². The lowest BCUT2D eigenvalue weighted by atomic mass is 10.1. The van der Waals surface area contributed by atoms with Gasteiger partial charge in [0.2, 0.25) is 5.91 Å². The summed E-state index contributed by atoms with van der Waals surface area (Å²) >= 11 is 0. The fraction of sp³-hybridized carbons (Fsp3) is 0.652. The van der Waals surface area contributed by atoms with Crippen LogP contribution in [0.2, 0.25) is 0 Å². The average Bonchev–Trinajstić information content (AvgIpc) is 3.29. The van der Waals surface area contributed by atoms with Crippen molar-refractivity contribution in [3.05, 3.63) is 29.8 Å². The number of halogens is 1. The van der Waals surface area contributed by atoms with Gasteiger partial charge in [-0.2, -0.15) is 0 Å². The number of hydrogen-bond acceptors (Lipinski definition) is 3. The minimum Gasteiger partial charge on any atom is -0.357 e. The van der Waals surface area contributed by atoms with Gasteiger partial charge in [0.15, 0.2) is 5.96 Å². The number of nitrogens with zero attached hydrogens (tertiary/aromatic N) is 3. The van der Waals surface area contributed by atoms with E-state index < -0.39 is 0 Å². The van der Waals surface area contributed by atoms with Gasteiger partial charge in [0.1, 0.15) is 0 Å². The molecule has 1 aromatic rings. The minimum atomic E-state index is 0. The summed E-state index contributed by atoms with van der Waals surface area (Å²) in [5.41, 5.74) is 2.36. The van der Waals surface area contributed by atoms with Gasteiger partial charge in [0.05, 0.1) is 0 Å². The molecule has 0 bridgehead atoms. The Morgan fingerprint density at radius 3 is 2.73 bits per heavy atom. The zero-order chi connectivity index (χ0) is 20.8. The molecule has 2 N–H and O–H groups in total. The Hall–Kier alpha value is -1.35. The molecule has 2 heterocycles. The summed E-state index contributed by atoms with van der Waals surface area (Å²) in [5, 5.41) is 6.97. The first-order valence-corrected chi connectivity index (χ1v) is 11.2. The Kier molecular flexibility index (Phi) is 9.87. The monoisotopic (exact) mass is 527 g/mol. The van der Waals surface area contributed by atoms with Crippen molar-refractivity contribution in [2.24, 2.45) is 10.9 Å². The van der Waals surface area contributed by atoms with Gasteiger partial charge in [-0.05, 0) is 51.2 Å². The quantitative estimate of drug-likeness (QED) is 0.248. The number of guanidine groups is 1. The van der Waals surface area contributed by atoms with Crippen molar-refractivity contribution in [2.45, 2.75) is 59.0 Å². The standard InChI is InChI=1S/C23H37N5O.HI/c1-5-24-23(26-20-16-27(17(2)3)15-18(20)4)25-13-8-11-22(29)28-14-12-19-9-6-7-10-21(19)28;/h6-7,9-10,17-18,20H,5,8,11-16H2,1-4H3,(H2,24,25,26);1H. The molecule has 2 atom stereocenters. The molecule has 6 nitrogen and oxygen atoms in total. The Balaban J connectivity index is 0.00000320. The van der Waals surface area contributed by atoms with Gasteiger partial charge in [-0.1, -0.05) is 25.1 Å². The molecular weight excluding hydrogens is 489 g/mol. The first-order chi connectivity index (χ1) is 14.0. The Bertz CT molecular complexity index is 723. The molecule has 0 radical (unpaired) electrons. The van der Waals surface area contributed by atoms with Gasteiger partial charge in [-0.3, -0.25) is 14.7 Å². The van der Waals surface area contributed by atoms with Crippen LogP contribution in [0.5, 0.6) is 0 Å². The molecule has 3 rings (SSSR count). The SMILES string of the molecule is CCNC(=NCCCC(=O)N1CCc2ccccc21)NC1CN(C(C)C)CC1C.I. The summed E-state index contributed by atoms with van der Waals surface area (Å²) in [7, 11) is 0. The van der Waals surface area contributed by atoms with E-state index in [1.54, 1.807) is 0 Å². The number of likely N-dealkylation sites (tertiary alicyclic amines) is 1. The summed E-state index contributed by atoms with van der Waals surface area (Å²) in [6.07, 6.45) is 2.27. The maximum absolute atomic E-state index is 12.6. The van der Waals surface area contributed by atoms with Crippen molar-refractivity contribution in [2.75, 3.05) is 37.6 Å². The van der Waals surface area contributed by atoms with Crippen LogP contribution in [0, 0.1) is 5.92 Å². The van der Waals surface area contributed by atoms with E-state index >= 15 is 0 Å². The highest BCUT2D eigenvalue weighted by Gasteiger charge is 2.31. The van der Waals surface area contributed by atoms with Crippen molar-refractivity contribution in [1.82, 2.24) is 15.5 Å². The molecule has 168 valence electrons. The van der Waals surface area contributed by atoms with Crippen LogP contribution >= 0.6 is 24.0 Å². The smallest absolute Gasteiger partial charge is 0.227 e. The lowest BCUT2D eigenvalue weighted by Gasteiger charge is -2.22. The summed E-state index contributed by atoms with van der Waals surface area (Å²) in [6.45, 7) is 13.4. The number of nitrogens with one attached hydrogen (secondary N) is 2. The molecule has 0 saturated carbocycles. The van der Waals surface area contributed by atoms with E-state index in [1.807, 2.05) is 17.0 Å². The summed E-state index contributed by atoms with van der Waals surface area (Å²) in [5.74, 6) is 1.67. The van der Waals surface area contributed by atoms with Crippen molar-refractivity contribution >= 4 is 41.5 Å². The van der Waals surface area contributed by atoms with Crippen LogP contribution in [0.15, 0.2) is 29.3 Å². The Morgan fingerprint density at radius 2 is 2.03 bits per heavy atom. The van der Waals surface area contributed by atoms with Crippen molar-refractivity contribution in [3.63, 3.8) is 0 Å². The van der Waals surface area contributed by atoms with Crippen molar-refractivity contribution < 1.29 is 4.79 Å². The van der Waals surface area contributed by atoms with E-state index in [1.165, 1.54) is 5.56 Å². The minimum absolute atomic E-state index is 0. The van der Waals surface area contributed by atoms with Crippen LogP contribution in [0.25, 0.3) is 0 Å². The first kappa shape index (κ1) is 24.9. The lowest BCUT2D eigenvalue weighted by molar-refractivity contribution is -0.118. The number of hydrogen-bond donors (Lipinski definition) is 2. The largest absolute Gasteiger partial charge is 0.357 e. The van der Waals surface area contributed by atoms with Crippen LogP contribution in [0.1, 0.15) is 46.1 Å². The normalized spacial score (nSPS) is 21.5. The fourth-order valence-corrected chi connectivity index (χ4v) is 4.26. The molecule has 0 aromatic heterocycles. The number of rotatable bonds is 7. The Morgan fingerprint density at radius 1 is 1.27 bits per heavy atom. The zero-order valence-electron chi connectivity index (χ0n) is 18.9. The third kappa shape index (κ3) is 6.33. The van der Waals surface area contributed by atoms with Crippen molar-refractivity contribution in [3.8, 4) is 0 Å². The third-order valence-electron chi connectivity index (χ3n) is 6.04. The molecule has 0 spiro atoms. The Labute approximate surface area is 198 Å². The van der Waals surface area contributed by atoms with Gasteiger partial charge in [0, 0.05) is 56.9 Å². The molecule has 0 aliphatic carbocycles. The van der Waals surface area contributed by atoms with E-state index in [9.17, 15) is 4.79 Å². The number of para-hydroxylation sites is 1. The maximum Gasteiger partial charge on any atom is 0.227 e. The number of carbonyl (C=O) groups excluding carboxylic acids is 1. The second-order valence-corrected chi connectivity index (χ2v) is 8.56. The molecule has 1 fully saturated rings. The van der Waals surface area contributed by atoms with Gasteiger partial charge < -0.3 is 15.5 Å². The first-order valence-electron chi connectivity index (χ1n) is 11.2. The van der Waals surface area contributed by atoms with Crippen LogP contribution in [0.4, 0.5) is 5.69 Å². The fourth-order valence-electron chi connectivity index (χ4n) is 4.26. The molecule has 2 aliphatic heterocycles. The molecule has 30 heavy (non-hydrogen) atoms. The number of carbonyl (C=O) groups is 1. The van der Waals surface area contributed by atoms with Crippen LogP contribution in [-0.4, -0.2) is 61.6 Å². The maximum atomic E-state index is 12.6. The predicted octanol–water partition coefficient (Wildman–Crippen LogP) is 3.26. The highest BCUT2D eigenvalue weighted by atomic mass is 127. The predicted molar refractivity (Wildman–Crippen MR) is 136 cm³/mol. The number of amides is 1. The van der Waals surface area contributed by atoms with E-state index in [4.69, 9.17) is 4.99 Å². The zero-order valence-corrected chi connectivity index (χ0v) is 21.2. The van der Waals surface area contributed by atoms with Gasteiger partial charge >= 0.3 is 0 Å². The topological polar surface area (TPSA) is 60.0 Å². The molecule has 2 aliphatic rings. The molecule has 7 heteroatoms. The number of aliphatic imine (C=N–C) groups is 1. The summed E-state index contributed by atoms with van der Waals surface area (Å²) in [4.78, 5) is 21.8. The second kappa shape index (κ2) is 11.9. The number of benzene rings is 1. The number of fused-ring (bicyclic) bond motifs is 1. The van der Waals surface area contributed by atoms with Crippen LogP contribution < -0.4 is 15.5 Å². The van der Waals surface area contributed by atoms with Crippen LogP contribution in [-0.2, 0) is 11.2 Å². The van der Waals surface area contributed by atoms with E-state index in [-0.39, 0.29) is 29.9 Å². The molecule has 2 unspecified atom stereocenters. The summed E-state index contributed by atoms with van der Waals surface area (Å²) < 4.78 is 0. The molecule has 1 amide bonds. The van der Waals surface area contributed by atoms with E-state index in [2.05, 4.69) is 55.4 Å². The molecular formula is C23H38IN5O. The molecule has 1 saturated heterocycles. The highest BCUT2D eigenvalue weighted by molar-refractivity contribution is 14.0. The van der Waals surface area contributed by atoms with Gasteiger partial charge in [0.25, 0.3) is 0 Å². The van der Waals surface area contributed by atoms with E-state index in [0.29, 0.717) is 31.0 Å². The lowest BCUT2D eigenvalue weighted by Crippen LogP contribution is -2.46. The second-order valence-electron chi connectivity index (χ2n) is 8.56. The van der Waals surface area contributed by atoms with Crippen molar-refractivity contribution in [1.29, 1.82) is 0 Å². The average molecular weight is 527 g/mol. The van der Waals surface area contributed by atoms with E-state index in [0.717, 1.165) is 50.7 Å². The van der Waals surface area contributed by atoms with Gasteiger partial charge in [-0.15, -0.1) is 24.0 Å². The number of anilines is 1. The summed E-state index contributed by atoms with van der Waals surface area (Å²) in [6, 6.07) is 9.21. The third-order valence-corrected chi connectivity index (χ3v) is 6.04. The van der Waals surface area contributed by atoms with Crippen LogP contribution in [0.3, 0.4) is 0 Å².